The van der Waals surface area contributed by atoms with Crippen LogP contribution in [0.4, 0.5) is 0 Å². The van der Waals surface area contributed by atoms with Gasteiger partial charge in [0.05, 0.1) is 18.3 Å². The molecule has 3 unspecified atom stereocenters. The average molecular weight is 256 g/mol. The first kappa shape index (κ1) is 14.3. The molecule has 0 aliphatic carbocycles. The lowest BCUT2D eigenvalue weighted by atomic mass is 9.82. The van der Waals surface area contributed by atoms with Gasteiger partial charge in [-0.1, -0.05) is 0 Å². The van der Waals surface area contributed by atoms with E-state index in [1.54, 1.807) is 0 Å². The van der Waals surface area contributed by atoms with Crippen LogP contribution in [-0.2, 0) is 9.47 Å². The van der Waals surface area contributed by atoms with Crippen molar-refractivity contribution >= 4 is 0 Å². The molecule has 2 rings (SSSR count). The molecule has 2 fully saturated rings. The van der Waals surface area contributed by atoms with E-state index in [0.717, 1.165) is 26.0 Å². The quantitative estimate of drug-likeness (QED) is 0.825. The SMILES string of the molecule is CC1CC(CN)(N(C)CC2CCCO2)CC(C)O1. The summed E-state index contributed by atoms with van der Waals surface area (Å²) in [5, 5.41) is 0. The Hall–Kier alpha value is -0.160. The fourth-order valence-electron chi connectivity index (χ4n) is 3.57. The molecule has 18 heavy (non-hydrogen) atoms. The highest BCUT2D eigenvalue weighted by Crippen LogP contribution is 2.33. The number of hydrogen-bond donors (Lipinski definition) is 1. The number of nitrogens with zero attached hydrogens (tertiary/aromatic N) is 1. The lowest BCUT2D eigenvalue weighted by molar-refractivity contribution is -0.104. The maximum atomic E-state index is 6.10. The van der Waals surface area contributed by atoms with Gasteiger partial charge < -0.3 is 15.2 Å². The number of rotatable bonds is 4. The van der Waals surface area contributed by atoms with E-state index in [2.05, 4.69) is 25.8 Å². The van der Waals surface area contributed by atoms with Crippen LogP contribution in [0.1, 0.15) is 39.5 Å². The molecule has 0 aromatic rings. The predicted octanol–water partition coefficient (Wildman–Crippen LogP) is 1.38. The molecule has 2 aliphatic rings. The van der Waals surface area contributed by atoms with Gasteiger partial charge >= 0.3 is 0 Å². The van der Waals surface area contributed by atoms with Crippen LogP contribution in [0.5, 0.6) is 0 Å². The van der Waals surface area contributed by atoms with Gasteiger partial charge in [0.2, 0.25) is 0 Å². The van der Waals surface area contributed by atoms with Gasteiger partial charge in [0.1, 0.15) is 0 Å². The molecule has 0 amide bonds. The Morgan fingerprint density at radius 2 is 1.94 bits per heavy atom. The van der Waals surface area contributed by atoms with Crippen LogP contribution >= 0.6 is 0 Å². The van der Waals surface area contributed by atoms with E-state index in [4.69, 9.17) is 15.2 Å². The standard InChI is InChI=1S/C14H28N2O2/c1-11-7-14(10-15,8-12(2)18-11)16(3)9-13-5-4-6-17-13/h11-13H,4-10,15H2,1-3H3. The largest absolute Gasteiger partial charge is 0.377 e. The van der Waals surface area contributed by atoms with Crippen molar-refractivity contribution in [2.75, 3.05) is 26.7 Å². The second kappa shape index (κ2) is 5.87. The lowest BCUT2D eigenvalue weighted by Crippen LogP contribution is -2.59. The minimum atomic E-state index is 0.0863. The van der Waals surface area contributed by atoms with Crippen LogP contribution < -0.4 is 5.73 Å². The maximum absolute atomic E-state index is 6.10. The van der Waals surface area contributed by atoms with E-state index in [-0.39, 0.29) is 5.54 Å². The maximum Gasteiger partial charge on any atom is 0.0702 e. The first-order valence-electron chi connectivity index (χ1n) is 7.24. The summed E-state index contributed by atoms with van der Waals surface area (Å²) in [6.07, 6.45) is 5.42. The van der Waals surface area contributed by atoms with E-state index in [0.29, 0.717) is 24.9 Å². The van der Waals surface area contributed by atoms with Crippen molar-refractivity contribution in [2.45, 2.75) is 63.4 Å². The first-order valence-corrected chi connectivity index (χ1v) is 7.24. The minimum Gasteiger partial charge on any atom is -0.377 e. The Morgan fingerprint density at radius 3 is 2.44 bits per heavy atom. The van der Waals surface area contributed by atoms with Crippen molar-refractivity contribution in [3.63, 3.8) is 0 Å². The molecule has 0 saturated carbocycles. The zero-order valence-corrected chi connectivity index (χ0v) is 12.0. The Morgan fingerprint density at radius 1 is 1.28 bits per heavy atom. The molecule has 0 bridgehead atoms. The number of nitrogens with two attached hydrogens (primary N) is 1. The van der Waals surface area contributed by atoms with Crippen LogP contribution in [-0.4, -0.2) is 55.5 Å². The molecule has 0 spiro atoms. The molecule has 2 aliphatic heterocycles. The van der Waals surface area contributed by atoms with Crippen LogP contribution in [0.15, 0.2) is 0 Å². The van der Waals surface area contributed by atoms with E-state index < -0.39 is 0 Å². The third-order valence-electron chi connectivity index (χ3n) is 4.49. The molecule has 0 radical (unpaired) electrons. The third kappa shape index (κ3) is 3.05. The van der Waals surface area contributed by atoms with E-state index >= 15 is 0 Å². The zero-order chi connectivity index (χ0) is 13.2. The van der Waals surface area contributed by atoms with Crippen LogP contribution in [0, 0.1) is 0 Å². The lowest BCUT2D eigenvalue weighted by Gasteiger charge is -2.48. The normalized spacial score (nSPS) is 41.5. The number of ether oxygens (including phenoxy) is 2. The summed E-state index contributed by atoms with van der Waals surface area (Å²) in [5.74, 6) is 0. The summed E-state index contributed by atoms with van der Waals surface area (Å²) in [6.45, 7) is 6.93. The second-order valence-electron chi connectivity index (χ2n) is 6.11. The number of hydrogen-bond acceptors (Lipinski definition) is 4. The average Bonchev–Trinajstić information content (AvgIpc) is 2.80. The molecule has 3 atom stereocenters. The highest BCUT2D eigenvalue weighted by Gasteiger charge is 2.41. The van der Waals surface area contributed by atoms with Crippen LogP contribution in [0.2, 0.25) is 0 Å². The molecule has 0 aromatic heterocycles. The van der Waals surface area contributed by atoms with Crippen molar-refractivity contribution < 1.29 is 9.47 Å². The molecule has 106 valence electrons. The highest BCUT2D eigenvalue weighted by atomic mass is 16.5. The van der Waals surface area contributed by atoms with E-state index in [1.807, 2.05) is 0 Å². The summed E-state index contributed by atoms with van der Waals surface area (Å²) < 4.78 is 11.6. The second-order valence-corrected chi connectivity index (χ2v) is 6.11. The van der Waals surface area contributed by atoms with Crippen molar-refractivity contribution in [1.82, 2.24) is 4.90 Å². The van der Waals surface area contributed by atoms with Crippen molar-refractivity contribution in [3.8, 4) is 0 Å². The number of likely N-dealkylation sites (N-methyl/N-ethyl adjacent to an activating group) is 1. The van der Waals surface area contributed by atoms with Gasteiger partial charge in [-0.3, -0.25) is 4.90 Å². The predicted molar refractivity (Wildman–Crippen MR) is 72.6 cm³/mol. The van der Waals surface area contributed by atoms with Gasteiger partial charge in [-0.25, -0.2) is 0 Å². The first-order chi connectivity index (χ1) is 8.55. The molecular formula is C14H28N2O2. The van der Waals surface area contributed by atoms with E-state index in [1.165, 1.54) is 12.8 Å². The molecule has 2 saturated heterocycles. The smallest absolute Gasteiger partial charge is 0.0702 e. The van der Waals surface area contributed by atoms with Crippen molar-refractivity contribution in [1.29, 1.82) is 0 Å². The molecule has 0 aromatic carbocycles. The fourth-order valence-corrected chi connectivity index (χ4v) is 3.57. The summed E-state index contributed by atoms with van der Waals surface area (Å²) in [6, 6.07) is 0. The van der Waals surface area contributed by atoms with Gasteiger partial charge in [0, 0.05) is 25.2 Å². The molecule has 2 N–H and O–H groups in total. The van der Waals surface area contributed by atoms with Crippen molar-refractivity contribution in [3.05, 3.63) is 0 Å². The van der Waals surface area contributed by atoms with Crippen LogP contribution in [0.3, 0.4) is 0 Å². The highest BCUT2D eigenvalue weighted by molar-refractivity contribution is 4.97. The van der Waals surface area contributed by atoms with Gasteiger partial charge in [0.25, 0.3) is 0 Å². The molecule has 4 heteroatoms. The monoisotopic (exact) mass is 256 g/mol. The van der Waals surface area contributed by atoms with Gasteiger partial charge in [-0.05, 0) is 46.6 Å². The Balaban J connectivity index is 2.00. The van der Waals surface area contributed by atoms with Gasteiger partial charge in [0.15, 0.2) is 0 Å². The summed E-state index contributed by atoms with van der Waals surface area (Å²) >= 11 is 0. The topological polar surface area (TPSA) is 47.7 Å². The third-order valence-corrected chi connectivity index (χ3v) is 4.49. The minimum absolute atomic E-state index is 0.0863. The van der Waals surface area contributed by atoms with Crippen LogP contribution in [0.25, 0.3) is 0 Å². The van der Waals surface area contributed by atoms with Gasteiger partial charge in [-0.15, -0.1) is 0 Å². The summed E-state index contributed by atoms with van der Waals surface area (Å²) in [4.78, 5) is 2.43. The zero-order valence-electron chi connectivity index (χ0n) is 12.0. The van der Waals surface area contributed by atoms with E-state index in [9.17, 15) is 0 Å². The Bertz CT molecular complexity index is 257. The summed E-state index contributed by atoms with van der Waals surface area (Å²) in [5.41, 5.74) is 6.19. The molecular weight excluding hydrogens is 228 g/mol. The molecule has 2 heterocycles. The molecule has 4 nitrogen and oxygen atoms in total. The van der Waals surface area contributed by atoms with Gasteiger partial charge in [-0.2, -0.15) is 0 Å². The van der Waals surface area contributed by atoms with Crippen molar-refractivity contribution in [2.24, 2.45) is 5.73 Å². The Kier molecular flexibility index (Phi) is 4.64. The fraction of sp³-hybridized carbons (Fsp3) is 1.00. The summed E-state index contributed by atoms with van der Waals surface area (Å²) in [7, 11) is 2.19. The Labute approximate surface area is 111 Å².